The number of aliphatic hydroxyl groups is 1. The normalized spacial score (nSPS) is 15.3. The topological polar surface area (TPSA) is 89.3 Å². The van der Waals surface area contributed by atoms with E-state index in [1.54, 1.807) is 30.3 Å². The molecule has 0 saturated heterocycles. The number of hydrogen-bond donors (Lipinski definition) is 3. The molecule has 0 aliphatic carbocycles. The van der Waals surface area contributed by atoms with Gasteiger partial charge in [0.25, 0.3) is 5.91 Å². The molecule has 17 heavy (non-hydrogen) atoms. The van der Waals surface area contributed by atoms with Gasteiger partial charge in [0.05, 0.1) is 0 Å². The lowest BCUT2D eigenvalue weighted by atomic mass is 9.98. The number of rotatable bonds is 5. The van der Waals surface area contributed by atoms with Crippen molar-refractivity contribution in [1.29, 1.82) is 0 Å². The zero-order valence-corrected chi connectivity index (χ0v) is 9.01. The molecule has 5 N–H and O–H groups in total. The Morgan fingerprint density at radius 3 is 2.35 bits per heavy atom. The molecule has 1 aromatic rings. The first-order valence-electron chi connectivity index (χ1n) is 5.01. The molecule has 2 unspecified atom stereocenters. The molecular formula is C11H14F2N2O2. The highest BCUT2D eigenvalue weighted by atomic mass is 19.3. The molecule has 2 atom stereocenters. The summed E-state index contributed by atoms with van der Waals surface area (Å²) < 4.78 is 26.2. The van der Waals surface area contributed by atoms with Gasteiger partial charge in [0.2, 0.25) is 0 Å². The number of benzene rings is 1. The summed E-state index contributed by atoms with van der Waals surface area (Å²) in [6.07, 6.45) is -2.26. The SMILES string of the molecule is NC(=O)C(F)(F)C(O)C(N)Cc1ccccc1. The van der Waals surface area contributed by atoms with E-state index in [4.69, 9.17) is 5.73 Å². The van der Waals surface area contributed by atoms with Gasteiger partial charge in [-0.15, -0.1) is 0 Å². The van der Waals surface area contributed by atoms with Crippen molar-refractivity contribution in [3.8, 4) is 0 Å². The fourth-order valence-electron chi connectivity index (χ4n) is 1.41. The van der Waals surface area contributed by atoms with Crippen LogP contribution in [0, 0.1) is 0 Å². The molecule has 0 aliphatic heterocycles. The summed E-state index contributed by atoms with van der Waals surface area (Å²) >= 11 is 0. The van der Waals surface area contributed by atoms with E-state index < -0.39 is 24.0 Å². The van der Waals surface area contributed by atoms with Gasteiger partial charge in [0.15, 0.2) is 0 Å². The second-order valence-corrected chi connectivity index (χ2v) is 3.79. The second-order valence-electron chi connectivity index (χ2n) is 3.79. The van der Waals surface area contributed by atoms with Crippen molar-refractivity contribution in [3.05, 3.63) is 35.9 Å². The van der Waals surface area contributed by atoms with Gasteiger partial charge < -0.3 is 16.6 Å². The number of hydrogen-bond acceptors (Lipinski definition) is 3. The first-order chi connectivity index (χ1) is 7.85. The maximum Gasteiger partial charge on any atom is 0.350 e. The largest absolute Gasteiger partial charge is 0.385 e. The van der Waals surface area contributed by atoms with Gasteiger partial charge in [-0.25, -0.2) is 0 Å². The van der Waals surface area contributed by atoms with Crippen LogP contribution in [0.2, 0.25) is 0 Å². The molecule has 0 fully saturated rings. The minimum Gasteiger partial charge on any atom is -0.385 e. The number of carbonyl (C=O) groups excluding carboxylic acids is 1. The third kappa shape index (κ3) is 3.21. The molecule has 0 aromatic heterocycles. The summed E-state index contributed by atoms with van der Waals surface area (Å²) in [5.74, 6) is -5.90. The molecule has 1 aromatic carbocycles. The van der Waals surface area contributed by atoms with Crippen LogP contribution >= 0.6 is 0 Å². The predicted molar refractivity (Wildman–Crippen MR) is 58.3 cm³/mol. The van der Waals surface area contributed by atoms with Crippen molar-refractivity contribution in [3.63, 3.8) is 0 Å². The summed E-state index contributed by atoms with van der Waals surface area (Å²) in [6.45, 7) is 0. The molecule has 0 bridgehead atoms. The maximum atomic E-state index is 13.1. The quantitative estimate of drug-likeness (QED) is 0.683. The van der Waals surface area contributed by atoms with Crippen LogP contribution in [0.5, 0.6) is 0 Å². The number of amides is 1. The smallest absolute Gasteiger partial charge is 0.350 e. The third-order valence-electron chi connectivity index (χ3n) is 2.42. The monoisotopic (exact) mass is 244 g/mol. The van der Waals surface area contributed by atoms with E-state index in [-0.39, 0.29) is 6.42 Å². The lowest BCUT2D eigenvalue weighted by Gasteiger charge is -2.24. The zero-order chi connectivity index (χ0) is 13.1. The number of nitrogens with two attached hydrogens (primary N) is 2. The molecule has 4 nitrogen and oxygen atoms in total. The average molecular weight is 244 g/mol. The minimum atomic E-state index is -4.02. The molecular weight excluding hydrogens is 230 g/mol. The highest BCUT2D eigenvalue weighted by Gasteiger charge is 2.47. The Hall–Kier alpha value is -1.53. The summed E-state index contributed by atoms with van der Waals surface area (Å²) in [7, 11) is 0. The van der Waals surface area contributed by atoms with E-state index >= 15 is 0 Å². The van der Waals surface area contributed by atoms with Crippen LogP contribution in [0.25, 0.3) is 0 Å². The van der Waals surface area contributed by atoms with Crippen molar-refractivity contribution >= 4 is 5.91 Å². The van der Waals surface area contributed by atoms with Gasteiger partial charge in [-0.2, -0.15) is 8.78 Å². The standard InChI is InChI=1S/C11H14F2N2O2/c12-11(13,10(15)17)9(16)8(14)6-7-4-2-1-3-5-7/h1-5,8-9,16H,6,14H2,(H2,15,17). The highest BCUT2D eigenvalue weighted by molar-refractivity contribution is 5.82. The van der Waals surface area contributed by atoms with Gasteiger partial charge in [-0.1, -0.05) is 30.3 Å². The zero-order valence-electron chi connectivity index (χ0n) is 9.01. The predicted octanol–water partition coefficient (Wildman–Crippen LogP) is 0.0379. The van der Waals surface area contributed by atoms with Gasteiger partial charge >= 0.3 is 5.92 Å². The van der Waals surface area contributed by atoms with Gasteiger partial charge in [-0.3, -0.25) is 4.79 Å². The summed E-state index contributed by atoms with van der Waals surface area (Å²) in [6, 6.07) is 7.33. The Morgan fingerprint density at radius 1 is 1.35 bits per heavy atom. The fraction of sp³-hybridized carbons (Fsp3) is 0.364. The first kappa shape index (κ1) is 13.5. The average Bonchev–Trinajstić information content (AvgIpc) is 2.29. The summed E-state index contributed by atoms with van der Waals surface area (Å²) in [5, 5.41) is 9.30. The van der Waals surface area contributed by atoms with Crippen LogP contribution in [0.3, 0.4) is 0 Å². The van der Waals surface area contributed by atoms with Crippen molar-refractivity contribution in [1.82, 2.24) is 0 Å². The van der Waals surface area contributed by atoms with Gasteiger partial charge in [-0.05, 0) is 12.0 Å². The van der Waals surface area contributed by atoms with Crippen molar-refractivity contribution in [2.24, 2.45) is 11.5 Å². The van der Waals surface area contributed by atoms with Crippen LogP contribution in [0.15, 0.2) is 30.3 Å². The molecule has 1 amide bonds. The maximum absolute atomic E-state index is 13.1. The minimum absolute atomic E-state index is 0.0326. The molecule has 0 radical (unpaired) electrons. The van der Waals surface area contributed by atoms with E-state index in [0.717, 1.165) is 0 Å². The fourth-order valence-corrected chi connectivity index (χ4v) is 1.41. The molecule has 6 heteroatoms. The lowest BCUT2D eigenvalue weighted by Crippen LogP contribution is -2.54. The number of primary amides is 1. The number of halogens is 2. The number of alkyl halides is 2. The molecule has 94 valence electrons. The lowest BCUT2D eigenvalue weighted by molar-refractivity contribution is -0.162. The molecule has 0 heterocycles. The number of carbonyl (C=O) groups is 1. The molecule has 0 saturated carbocycles. The first-order valence-corrected chi connectivity index (χ1v) is 5.01. The Bertz CT molecular complexity index is 384. The Morgan fingerprint density at radius 2 is 1.88 bits per heavy atom. The molecule has 0 aliphatic rings. The van der Waals surface area contributed by atoms with Crippen LogP contribution in [-0.4, -0.2) is 29.1 Å². The van der Waals surface area contributed by atoms with E-state index in [9.17, 15) is 18.7 Å². The van der Waals surface area contributed by atoms with Gasteiger partial charge in [0.1, 0.15) is 6.10 Å². The Kier molecular flexibility index (Phi) is 4.14. The summed E-state index contributed by atoms with van der Waals surface area (Å²) in [4.78, 5) is 10.5. The molecule has 1 rings (SSSR count). The van der Waals surface area contributed by atoms with Crippen molar-refractivity contribution < 1.29 is 18.7 Å². The second kappa shape index (κ2) is 5.20. The van der Waals surface area contributed by atoms with Crippen LogP contribution in [-0.2, 0) is 11.2 Å². The molecule has 0 spiro atoms. The third-order valence-corrected chi connectivity index (χ3v) is 2.42. The van der Waals surface area contributed by atoms with Crippen LogP contribution in [0.4, 0.5) is 8.78 Å². The van der Waals surface area contributed by atoms with Gasteiger partial charge in [0, 0.05) is 6.04 Å². The Labute approximate surface area is 97.2 Å². The van der Waals surface area contributed by atoms with E-state index in [2.05, 4.69) is 5.73 Å². The van der Waals surface area contributed by atoms with E-state index in [0.29, 0.717) is 5.56 Å². The van der Waals surface area contributed by atoms with Crippen molar-refractivity contribution in [2.75, 3.05) is 0 Å². The van der Waals surface area contributed by atoms with Crippen LogP contribution < -0.4 is 11.5 Å². The van der Waals surface area contributed by atoms with E-state index in [1.807, 2.05) is 0 Å². The van der Waals surface area contributed by atoms with Crippen molar-refractivity contribution in [2.45, 2.75) is 24.5 Å². The highest BCUT2D eigenvalue weighted by Crippen LogP contribution is 2.21. The van der Waals surface area contributed by atoms with Crippen LogP contribution in [0.1, 0.15) is 5.56 Å². The number of aliphatic hydroxyl groups excluding tert-OH is 1. The summed E-state index contributed by atoms with van der Waals surface area (Å²) in [5.41, 5.74) is 10.6. The Balaban J connectivity index is 2.71. The van der Waals surface area contributed by atoms with E-state index in [1.165, 1.54) is 0 Å².